The van der Waals surface area contributed by atoms with E-state index >= 15 is 0 Å². The summed E-state index contributed by atoms with van der Waals surface area (Å²) >= 11 is 2.11. The molecule has 60 valence electrons. The molecule has 1 saturated heterocycles. The smallest absolute Gasteiger partial charge is 0.0175 e. The molecule has 0 saturated carbocycles. The van der Waals surface area contributed by atoms with Crippen molar-refractivity contribution in [2.45, 2.75) is 25.0 Å². The van der Waals surface area contributed by atoms with Crippen LogP contribution in [0.1, 0.15) is 19.8 Å². The molecule has 0 aliphatic carbocycles. The Morgan fingerprint density at radius 2 is 2.40 bits per heavy atom. The fourth-order valence-electron chi connectivity index (χ4n) is 1.49. The van der Waals surface area contributed by atoms with Gasteiger partial charge in [-0.25, -0.2) is 0 Å². The summed E-state index contributed by atoms with van der Waals surface area (Å²) in [4.78, 5) is 2.44. The van der Waals surface area contributed by atoms with Crippen LogP contribution < -0.4 is 0 Å². The van der Waals surface area contributed by atoms with Crippen LogP contribution in [0.5, 0.6) is 0 Å². The molecule has 0 unspecified atom stereocenters. The van der Waals surface area contributed by atoms with Gasteiger partial charge in [0.2, 0.25) is 0 Å². The number of nitrogens with zero attached hydrogens (tertiary/aromatic N) is 1. The standard InChI is InChI=1S/C8H17NS/c1-3-10-8-5-4-6-9(2)7-8/h8H,3-7H2,1-2H3/t8-/m1/s1. The van der Waals surface area contributed by atoms with Crippen LogP contribution in [-0.4, -0.2) is 36.0 Å². The zero-order valence-electron chi connectivity index (χ0n) is 6.97. The lowest BCUT2D eigenvalue weighted by molar-refractivity contribution is 0.283. The van der Waals surface area contributed by atoms with Crippen LogP contribution in [-0.2, 0) is 0 Å². The second-order valence-electron chi connectivity index (χ2n) is 2.98. The van der Waals surface area contributed by atoms with Gasteiger partial charge in [0.15, 0.2) is 0 Å². The third-order valence-electron chi connectivity index (χ3n) is 1.98. The maximum Gasteiger partial charge on any atom is 0.0175 e. The largest absolute Gasteiger partial charge is 0.305 e. The number of hydrogen-bond acceptors (Lipinski definition) is 2. The van der Waals surface area contributed by atoms with Gasteiger partial charge in [0.05, 0.1) is 0 Å². The summed E-state index contributed by atoms with van der Waals surface area (Å²) in [5.41, 5.74) is 0. The van der Waals surface area contributed by atoms with Crippen molar-refractivity contribution in [2.75, 3.05) is 25.9 Å². The molecule has 1 atom stereocenters. The molecule has 2 heteroatoms. The maximum absolute atomic E-state index is 2.44. The lowest BCUT2D eigenvalue weighted by atomic mass is 10.1. The number of thioether (sulfide) groups is 1. The van der Waals surface area contributed by atoms with Gasteiger partial charge in [-0.05, 0) is 32.2 Å². The topological polar surface area (TPSA) is 3.24 Å². The van der Waals surface area contributed by atoms with Gasteiger partial charge < -0.3 is 4.90 Å². The molecule has 0 radical (unpaired) electrons. The lowest BCUT2D eigenvalue weighted by Gasteiger charge is -2.28. The number of piperidine rings is 1. The number of hydrogen-bond donors (Lipinski definition) is 0. The summed E-state index contributed by atoms with van der Waals surface area (Å²) in [7, 11) is 2.22. The first-order chi connectivity index (χ1) is 4.83. The summed E-state index contributed by atoms with van der Waals surface area (Å²) in [5.74, 6) is 1.28. The highest BCUT2D eigenvalue weighted by molar-refractivity contribution is 7.99. The molecule has 0 aromatic heterocycles. The van der Waals surface area contributed by atoms with Gasteiger partial charge in [-0.1, -0.05) is 6.92 Å². The van der Waals surface area contributed by atoms with E-state index in [1.54, 1.807) is 0 Å². The van der Waals surface area contributed by atoms with Crippen LogP contribution in [0.25, 0.3) is 0 Å². The number of rotatable bonds is 2. The molecule has 1 aliphatic rings. The summed E-state index contributed by atoms with van der Waals surface area (Å²) in [5, 5.41) is 0.920. The second-order valence-corrected chi connectivity index (χ2v) is 4.56. The van der Waals surface area contributed by atoms with Crippen LogP contribution in [0.3, 0.4) is 0 Å². The SMILES string of the molecule is CCS[C@@H]1CCCN(C)C1. The molecule has 0 aromatic rings. The predicted octanol–water partition coefficient (Wildman–Crippen LogP) is 1.83. The van der Waals surface area contributed by atoms with Crippen molar-refractivity contribution >= 4 is 11.8 Å². The van der Waals surface area contributed by atoms with Gasteiger partial charge in [0.1, 0.15) is 0 Å². The molecule has 0 spiro atoms. The van der Waals surface area contributed by atoms with Gasteiger partial charge in [0.25, 0.3) is 0 Å². The monoisotopic (exact) mass is 159 g/mol. The van der Waals surface area contributed by atoms with E-state index in [0.29, 0.717) is 0 Å². The molecule has 1 heterocycles. The van der Waals surface area contributed by atoms with E-state index in [-0.39, 0.29) is 0 Å². The first-order valence-electron chi connectivity index (χ1n) is 4.13. The molecule has 0 N–H and O–H groups in total. The van der Waals surface area contributed by atoms with Gasteiger partial charge in [-0.15, -0.1) is 0 Å². The Labute approximate surface area is 68.2 Å². The number of likely N-dealkylation sites (tertiary alicyclic amines) is 1. The zero-order chi connectivity index (χ0) is 7.40. The van der Waals surface area contributed by atoms with Crippen molar-refractivity contribution in [1.82, 2.24) is 4.90 Å². The van der Waals surface area contributed by atoms with E-state index < -0.39 is 0 Å². The third-order valence-corrected chi connectivity index (χ3v) is 3.17. The Balaban J connectivity index is 2.18. The summed E-state index contributed by atoms with van der Waals surface area (Å²) in [6.45, 7) is 4.86. The molecule has 0 aromatic carbocycles. The summed E-state index contributed by atoms with van der Waals surface area (Å²) < 4.78 is 0. The van der Waals surface area contributed by atoms with E-state index in [1.807, 2.05) is 0 Å². The molecule has 1 aliphatic heterocycles. The highest BCUT2D eigenvalue weighted by Crippen LogP contribution is 2.20. The van der Waals surface area contributed by atoms with Crippen molar-refractivity contribution in [3.63, 3.8) is 0 Å². The van der Waals surface area contributed by atoms with E-state index in [1.165, 1.54) is 31.7 Å². The Bertz CT molecular complexity index is 93.3. The molecule has 10 heavy (non-hydrogen) atoms. The maximum atomic E-state index is 2.44. The molecular formula is C8H17NS. The highest BCUT2D eigenvalue weighted by Gasteiger charge is 2.15. The molecular weight excluding hydrogens is 142 g/mol. The molecule has 0 amide bonds. The summed E-state index contributed by atoms with van der Waals surface area (Å²) in [6, 6.07) is 0. The van der Waals surface area contributed by atoms with Crippen LogP contribution >= 0.6 is 11.8 Å². The normalized spacial score (nSPS) is 28.8. The van der Waals surface area contributed by atoms with Gasteiger partial charge in [0, 0.05) is 11.8 Å². The Hall–Kier alpha value is 0.310. The van der Waals surface area contributed by atoms with E-state index in [4.69, 9.17) is 0 Å². The van der Waals surface area contributed by atoms with Crippen molar-refractivity contribution in [1.29, 1.82) is 0 Å². The van der Waals surface area contributed by atoms with Crippen LogP contribution in [0, 0.1) is 0 Å². The zero-order valence-corrected chi connectivity index (χ0v) is 7.78. The Morgan fingerprint density at radius 3 is 3.00 bits per heavy atom. The first-order valence-corrected chi connectivity index (χ1v) is 5.18. The average molecular weight is 159 g/mol. The van der Waals surface area contributed by atoms with Crippen molar-refractivity contribution in [3.8, 4) is 0 Å². The molecule has 0 bridgehead atoms. The average Bonchev–Trinajstić information content (AvgIpc) is 1.88. The van der Waals surface area contributed by atoms with Crippen LogP contribution in [0.15, 0.2) is 0 Å². The van der Waals surface area contributed by atoms with Gasteiger partial charge in [-0.2, -0.15) is 11.8 Å². The minimum Gasteiger partial charge on any atom is -0.305 e. The van der Waals surface area contributed by atoms with Crippen molar-refractivity contribution < 1.29 is 0 Å². The van der Waals surface area contributed by atoms with Gasteiger partial charge in [-0.3, -0.25) is 0 Å². The minimum atomic E-state index is 0.920. The Morgan fingerprint density at radius 1 is 1.60 bits per heavy atom. The Kier molecular flexibility index (Phi) is 3.57. The lowest BCUT2D eigenvalue weighted by Crippen LogP contribution is -2.33. The van der Waals surface area contributed by atoms with E-state index in [0.717, 1.165) is 5.25 Å². The first kappa shape index (κ1) is 8.41. The summed E-state index contributed by atoms with van der Waals surface area (Å²) in [6.07, 6.45) is 2.83. The van der Waals surface area contributed by atoms with Crippen LogP contribution in [0.2, 0.25) is 0 Å². The molecule has 1 fully saturated rings. The predicted molar refractivity (Wildman–Crippen MR) is 48.7 cm³/mol. The van der Waals surface area contributed by atoms with Crippen molar-refractivity contribution in [3.05, 3.63) is 0 Å². The molecule has 1 rings (SSSR count). The van der Waals surface area contributed by atoms with E-state index in [2.05, 4.69) is 30.6 Å². The van der Waals surface area contributed by atoms with Crippen molar-refractivity contribution in [2.24, 2.45) is 0 Å². The third kappa shape index (κ3) is 2.51. The van der Waals surface area contributed by atoms with E-state index in [9.17, 15) is 0 Å². The quantitative estimate of drug-likeness (QED) is 0.605. The fourth-order valence-corrected chi connectivity index (χ4v) is 2.66. The fraction of sp³-hybridized carbons (Fsp3) is 1.00. The highest BCUT2D eigenvalue weighted by atomic mass is 32.2. The second kappa shape index (κ2) is 4.24. The van der Waals surface area contributed by atoms with Crippen LogP contribution in [0.4, 0.5) is 0 Å². The molecule has 1 nitrogen and oxygen atoms in total. The minimum absolute atomic E-state index is 0.920. The van der Waals surface area contributed by atoms with Gasteiger partial charge >= 0.3 is 0 Å².